The first-order valence-electron chi connectivity index (χ1n) is 20.7. The van der Waals surface area contributed by atoms with Gasteiger partial charge in [0.1, 0.15) is 6.33 Å². The number of hydrogen-bond donors (Lipinski definition) is 2. The zero-order valence-corrected chi connectivity index (χ0v) is 35.7. The van der Waals surface area contributed by atoms with Gasteiger partial charge in [-0.15, -0.1) is 0 Å². The summed E-state index contributed by atoms with van der Waals surface area (Å²) in [4.78, 5) is 22.7. The number of allylic oxidation sites excluding steroid dienone is 2. The molecule has 2 aromatic heterocycles. The van der Waals surface area contributed by atoms with Gasteiger partial charge in [-0.3, -0.25) is 9.78 Å². The van der Waals surface area contributed by atoms with E-state index in [0.29, 0.717) is 25.0 Å². The molecule has 0 spiro atoms. The van der Waals surface area contributed by atoms with Crippen molar-refractivity contribution in [2.45, 2.75) is 139 Å². The molecule has 3 saturated carbocycles. The topological polar surface area (TPSA) is 125 Å². The number of pyridine rings is 1. The van der Waals surface area contributed by atoms with Crippen molar-refractivity contribution in [1.29, 1.82) is 0 Å². The number of rotatable bonds is 10. The molecular weight excluding hydrogens is 675 g/mol. The van der Waals surface area contributed by atoms with Crippen LogP contribution in [0.3, 0.4) is 0 Å². The highest BCUT2D eigenvalue weighted by Gasteiger charge is 2.70. The highest BCUT2D eigenvalue weighted by atomic mass is 16.5. The number of carbonyl (C=O) groups is 1. The largest absolute Gasteiger partial charge is 0.481 e. The fourth-order valence-electron chi connectivity index (χ4n) is 12.7. The number of nitrogens with two attached hydrogens (primary N) is 1. The molecule has 54 heavy (non-hydrogen) atoms. The Hall–Kier alpha value is -2.62. The molecule has 3 fully saturated rings. The summed E-state index contributed by atoms with van der Waals surface area (Å²) in [5.41, 5.74) is 7.33. The van der Waals surface area contributed by atoms with Gasteiger partial charge in [0, 0.05) is 36.0 Å². The van der Waals surface area contributed by atoms with Gasteiger partial charge in [-0.2, -0.15) is 5.10 Å². The summed E-state index contributed by atoms with van der Waals surface area (Å²) in [6.45, 7) is 28.3. The van der Waals surface area contributed by atoms with E-state index in [9.17, 15) is 9.90 Å². The predicted molar refractivity (Wildman–Crippen MR) is 214 cm³/mol. The highest BCUT2D eigenvalue weighted by molar-refractivity contribution is 5.73. The monoisotopic (exact) mass is 746 g/mol. The maximum absolute atomic E-state index is 13.6. The lowest BCUT2D eigenvalue weighted by molar-refractivity contribution is -0.212. The third kappa shape index (κ3) is 6.04. The summed E-state index contributed by atoms with van der Waals surface area (Å²) < 4.78 is 15.5. The Kier molecular flexibility index (Phi) is 10.5. The van der Waals surface area contributed by atoms with Crippen molar-refractivity contribution in [1.82, 2.24) is 19.7 Å². The quantitative estimate of drug-likeness (QED) is 0.231. The third-order valence-electron chi connectivity index (χ3n) is 17.1. The van der Waals surface area contributed by atoms with Gasteiger partial charge in [0.15, 0.2) is 5.82 Å². The van der Waals surface area contributed by atoms with Crippen molar-refractivity contribution >= 4 is 5.97 Å². The van der Waals surface area contributed by atoms with Gasteiger partial charge in [-0.1, -0.05) is 87.8 Å². The number of ether oxygens (including phenoxy) is 2. The van der Waals surface area contributed by atoms with Crippen LogP contribution in [0.2, 0.25) is 0 Å². The van der Waals surface area contributed by atoms with Gasteiger partial charge in [0.05, 0.1) is 31.3 Å². The standard InChI is InChI=1S/C45H71N5O4/c1-28(2)29(3)40(7)20-21-43(10)32-14-15-34-41(8,31(32)16-19-44(43,11)35(40)38(51)52)24-33(50-37(48-27-49-50)30-17-22-47-23-18-30)36(42(34,9)25-53-13)54-26-45(12,46)39(4,5)6/h16-18,22-23,27-29,32-36H,14-15,19-21,24-26,46H2,1-13H3,(H,51,52)/t29-,32+,33-,34-,35-,36+,40-,41-,42?,43-,44+,45+/m1/s1. The van der Waals surface area contributed by atoms with Crippen LogP contribution in [0, 0.1) is 62.1 Å². The van der Waals surface area contributed by atoms with E-state index >= 15 is 0 Å². The van der Waals surface area contributed by atoms with Gasteiger partial charge >= 0.3 is 5.97 Å². The van der Waals surface area contributed by atoms with Crippen molar-refractivity contribution in [2.24, 2.45) is 67.8 Å². The number of carboxylic acid groups (broad SMARTS) is 1. The molecular formula is C45H71N5O4. The molecule has 1 unspecified atom stereocenters. The van der Waals surface area contributed by atoms with E-state index in [1.54, 1.807) is 18.7 Å². The first kappa shape index (κ1) is 41.0. The lowest BCUT2D eigenvalue weighted by atomic mass is 9.34. The van der Waals surface area contributed by atoms with Gasteiger partial charge in [0.25, 0.3) is 0 Å². The van der Waals surface area contributed by atoms with Gasteiger partial charge in [0.2, 0.25) is 0 Å². The maximum atomic E-state index is 13.6. The second-order valence-electron chi connectivity index (χ2n) is 21.0. The van der Waals surface area contributed by atoms with Crippen LogP contribution < -0.4 is 5.73 Å². The van der Waals surface area contributed by atoms with Crippen LogP contribution >= 0.6 is 0 Å². The van der Waals surface area contributed by atoms with Crippen LogP contribution in [0.1, 0.15) is 128 Å². The summed E-state index contributed by atoms with van der Waals surface area (Å²) in [7, 11) is 1.81. The van der Waals surface area contributed by atoms with Crippen molar-refractivity contribution in [3.63, 3.8) is 0 Å². The average Bonchev–Trinajstić information content (AvgIpc) is 3.58. The number of aliphatic carboxylic acids is 1. The molecule has 6 rings (SSSR count). The lowest BCUT2D eigenvalue weighted by Crippen LogP contribution is -2.66. The Morgan fingerprint density at radius 2 is 1.70 bits per heavy atom. The minimum absolute atomic E-state index is 0.158. The van der Waals surface area contributed by atoms with Crippen molar-refractivity contribution in [3.8, 4) is 11.4 Å². The molecule has 9 heteroatoms. The number of aromatic nitrogens is 4. The van der Waals surface area contributed by atoms with E-state index in [4.69, 9.17) is 25.3 Å². The maximum Gasteiger partial charge on any atom is 0.307 e. The molecule has 0 radical (unpaired) electrons. The van der Waals surface area contributed by atoms with Gasteiger partial charge in [-0.25, -0.2) is 9.67 Å². The Labute approximate surface area is 325 Å². The van der Waals surface area contributed by atoms with E-state index in [2.05, 4.69) is 98.8 Å². The molecule has 0 aliphatic heterocycles. The SMILES string of the molecule is COCC1(C)[C@@H](OC[C@](C)(N)C(C)(C)C)[C@H](n2ncnc2-c2ccncc2)C[C@]2(C)C3=CC[C@@]4(C)[C@H](C(=O)O)[C@@](C)([C@H](C)C(C)C)CC[C@]4(C)[C@H]3CC[C@@H]12. The number of hydrogen-bond acceptors (Lipinski definition) is 7. The first-order chi connectivity index (χ1) is 25.0. The molecule has 0 amide bonds. The molecule has 9 nitrogen and oxygen atoms in total. The molecule has 2 heterocycles. The summed E-state index contributed by atoms with van der Waals surface area (Å²) in [6.07, 6.45) is 13.1. The van der Waals surface area contributed by atoms with Crippen LogP contribution in [0.25, 0.3) is 11.4 Å². The van der Waals surface area contributed by atoms with E-state index in [0.717, 1.165) is 49.9 Å². The summed E-state index contributed by atoms with van der Waals surface area (Å²) in [5.74, 6) is 1.00. The van der Waals surface area contributed by atoms with E-state index in [-0.39, 0.29) is 51.1 Å². The van der Waals surface area contributed by atoms with Crippen molar-refractivity contribution < 1.29 is 19.4 Å². The summed E-state index contributed by atoms with van der Waals surface area (Å²) in [6, 6.07) is 3.82. The smallest absolute Gasteiger partial charge is 0.307 e. The molecule has 2 aromatic rings. The second kappa shape index (κ2) is 13.8. The predicted octanol–water partition coefficient (Wildman–Crippen LogP) is 9.25. The number of methoxy groups -OCH3 is 1. The lowest BCUT2D eigenvalue weighted by Gasteiger charge is -2.70. The molecule has 3 N–H and O–H groups in total. The number of nitrogens with zero attached hydrogens (tertiary/aromatic N) is 4. The second-order valence-corrected chi connectivity index (χ2v) is 21.0. The average molecular weight is 746 g/mol. The zero-order chi connectivity index (χ0) is 39.9. The minimum atomic E-state index is -0.627. The molecule has 4 aliphatic rings. The molecule has 4 aliphatic carbocycles. The number of fused-ring (bicyclic) bond motifs is 5. The Bertz CT molecular complexity index is 1720. The van der Waals surface area contributed by atoms with Crippen LogP contribution in [0.5, 0.6) is 0 Å². The fraction of sp³-hybridized carbons (Fsp3) is 0.778. The van der Waals surface area contributed by atoms with E-state index < -0.39 is 22.8 Å². The molecule has 0 bridgehead atoms. The van der Waals surface area contributed by atoms with Crippen LogP contribution in [0.15, 0.2) is 42.5 Å². The molecule has 0 aromatic carbocycles. The molecule has 0 saturated heterocycles. The van der Waals surface area contributed by atoms with Crippen molar-refractivity contribution in [2.75, 3.05) is 20.3 Å². The molecule has 12 atom stereocenters. The van der Waals surface area contributed by atoms with E-state index in [1.807, 2.05) is 19.2 Å². The van der Waals surface area contributed by atoms with Crippen molar-refractivity contribution in [3.05, 3.63) is 42.5 Å². The van der Waals surface area contributed by atoms with Crippen LogP contribution in [-0.2, 0) is 14.3 Å². The Morgan fingerprint density at radius 1 is 1.04 bits per heavy atom. The van der Waals surface area contributed by atoms with Crippen LogP contribution in [-0.4, -0.2) is 62.8 Å². The normalized spacial score (nSPS) is 39.8. The zero-order valence-electron chi connectivity index (χ0n) is 35.7. The Balaban J connectivity index is 1.50. The van der Waals surface area contributed by atoms with E-state index in [1.165, 1.54) is 5.57 Å². The molecule has 300 valence electrons. The fourth-order valence-corrected chi connectivity index (χ4v) is 12.7. The first-order valence-corrected chi connectivity index (χ1v) is 20.7. The van der Waals surface area contributed by atoms with Gasteiger partial charge < -0.3 is 20.3 Å². The highest BCUT2D eigenvalue weighted by Crippen LogP contribution is 2.75. The Morgan fingerprint density at radius 3 is 2.30 bits per heavy atom. The summed E-state index contributed by atoms with van der Waals surface area (Å²) >= 11 is 0. The number of carboxylic acids is 1. The van der Waals surface area contributed by atoms with Gasteiger partial charge in [-0.05, 0) is 108 Å². The third-order valence-corrected chi connectivity index (χ3v) is 17.1. The van der Waals surface area contributed by atoms with Crippen LogP contribution in [0.4, 0.5) is 0 Å². The summed E-state index contributed by atoms with van der Waals surface area (Å²) in [5, 5.41) is 16.1. The minimum Gasteiger partial charge on any atom is -0.481 e.